The first-order chi connectivity index (χ1) is 12.2. The Bertz CT molecular complexity index is 298. The molecule has 2 atom stereocenters. The second-order valence-corrected chi connectivity index (χ2v) is 7.63. The average molecular weight is 357 g/mol. The molecule has 1 heterocycles. The first kappa shape index (κ1) is 22.9. The van der Waals surface area contributed by atoms with Crippen molar-refractivity contribution in [1.29, 1.82) is 0 Å². The lowest BCUT2D eigenvalue weighted by atomic mass is 9.77. The molecule has 0 amide bonds. The Morgan fingerprint density at radius 2 is 1.56 bits per heavy atom. The number of hydrogen-bond donors (Lipinski definition) is 0. The molecule has 0 N–H and O–H groups in total. The van der Waals surface area contributed by atoms with Crippen LogP contribution >= 0.6 is 0 Å². The van der Waals surface area contributed by atoms with Gasteiger partial charge in [0.05, 0.1) is 18.8 Å². The standard InChI is InChI=1S/C22H44O3/c1-5-9-10-11-12-13-15-20(22(6-2,7-3)25-8-4)16-14-17-23-18-21-19-24-21/h20-21H,5-19H2,1-4H3. The van der Waals surface area contributed by atoms with Gasteiger partial charge in [0, 0.05) is 13.2 Å². The van der Waals surface area contributed by atoms with Gasteiger partial charge in [-0.25, -0.2) is 0 Å². The fourth-order valence-corrected chi connectivity index (χ4v) is 4.09. The van der Waals surface area contributed by atoms with Crippen LogP contribution < -0.4 is 0 Å². The number of epoxide rings is 1. The molecule has 0 saturated carbocycles. The maximum Gasteiger partial charge on any atom is 0.104 e. The van der Waals surface area contributed by atoms with E-state index in [0.29, 0.717) is 12.0 Å². The zero-order valence-electron chi connectivity index (χ0n) is 17.5. The van der Waals surface area contributed by atoms with Crippen molar-refractivity contribution in [3.05, 3.63) is 0 Å². The molecule has 0 aromatic rings. The van der Waals surface area contributed by atoms with E-state index in [0.717, 1.165) is 45.7 Å². The molecule has 1 rings (SSSR count). The lowest BCUT2D eigenvalue weighted by molar-refractivity contribution is -0.0946. The first-order valence-electron chi connectivity index (χ1n) is 11.1. The summed E-state index contributed by atoms with van der Waals surface area (Å²) < 4.78 is 17.3. The quantitative estimate of drug-likeness (QED) is 0.218. The Balaban J connectivity index is 2.39. The minimum Gasteiger partial charge on any atom is -0.379 e. The summed E-state index contributed by atoms with van der Waals surface area (Å²) >= 11 is 0. The second-order valence-electron chi connectivity index (χ2n) is 7.63. The molecule has 3 nitrogen and oxygen atoms in total. The maximum atomic E-state index is 6.33. The molecule has 2 unspecified atom stereocenters. The molecule has 1 aliphatic heterocycles. The van der Waals surface area contributed by atoms with Crippen LogP contribution in [0.2, 0.25) is 0 Å². The Kier molecular flexibility index (Phi) is 12.8. The summed E-state index contributed by atoms with van der Waals surface area (Å²) in [5.74, 6) is 0.661. The van der Waals surface area contributed by atoms with Crippen LogP contribution in [-0.2, 0) is 14.2 Å². The van der Waals surface area contributed by atoms with Crippen molar-refractivity contribution in [3.8, 4) is 0 Å². The summed E-state index contributed by atoms with van der Waals surface area (Å²) in [7, 11) is 0. The van der Waals surface area contributed by atoms with Crippen LogP contribution in [0.1, 0.15) is 98.3 Å². The van der Waals surface area contributed by atoms with Gasteiger partial charge in [0.15, 0.2) is 0 Å². The highest BCUT2D eigenvalue weighted by Crippen LogP contribution is 2.36. The van der Waals surface area contributed by atoms with Gasteiger partial charge < -0.3 is 14.2 Å². The van der Waals surface area contributed by atoms with Crippen molar-refractivity contribution >= 4 is 0 Å². The summed E-state index contributed by atoms with van der Waals surface area (Å²) in [5, 5.41) is 0. The number of unbranched alkanes of at least 4 members (excludes halogenated alkanes) is 5. The van der Waals surface area contributed by atoms with Gasteiger partial charge in [0.25, 0.3) is 0 Å². The Hall–Kier alpha value is -0.120. The first-order valence-corrected chi connectivity index (χ1v) is 11.1. The fraction of sp³-hybridized carbons (Fsp3) is 1.00. The molecule has 0 spiro atoms. The third-order valence-electron chi connectivity index (χ3n) is 5.83. The number of ether oxygens (including phenoxy) is 3. The summed E-state index contributed by atoms with van der Waals surface area (Å²) in [6.07, 6.45) is 14.5. The van der Waals surface area contributed by atoms with Gasteiger partial charge in [-0.15, -0.1) is 0 Å². The highest BCUT2D eigenvalue weighted by molar-refractivity contribution is 4.86. The molecule has 1 aliphatic rings. The van der Waals surface area contributed by atoms with Gasteiger partial charge >= 0.3 is 0 Å². The van der Waals surface area contributed by atoms with Crippen molar-refractivity contribution in [2.24, 2.45) is 5.92 Å². The molecule has 1 fully saturated rings. The van der Waals surface area contributed by atoms with Crippen LogP contribution in [0.4, 0.5) is 0 Å². The Morgan fingerprint density at radius 3 is 2.16 bits per heavy atom. The number of hydrogen-bond acceptors (Lipinski definition) is 3. The summed E-state index contributed by atoms with van der Waals surface area (Å²) in [6.45, 7) is 12.4. The van der Waals surface area contributed by atoms with E-state index in [2.05, 4.69) is 27.7 Å². The van der Waals surface area contributed by atoms with Crippen molar-refractivity contribution in [3.63, 3.8) is 0 Å². The minimum absolute atomic E-state index is 0.0672. The molecule has 0 aliphatic carbocycles. The molecule has 0 bridgehead atoms. The van der Waals surface area contributed by atoms with Crippen LogP contribution in [-0.4, -0.2) is 38.1 Å². The van der Waals surface area contributed by atoms with Crippen molar-refractivity contribution in [2.75, 3.05) is 26.4 Å². The lowest BCUT2D eigenvalue weighted by Gasteiger charge is -2.40. The van der Waals surface area contributed by atoms with Crippen LogP contribution in [0.15, 0.2) is 0 Å². The van der Waals surface area contributed by atoms with Gasteiger partial charge in [-0.1, -0.05) is 59.3 Å². The average Bonchev–Trinajstić information content (AvgIpc) is 3.45. The van der Waals surface area contributed by atoms with E-state index in [4.69, 9.17) is 14.2 Å². The van der Waals surface area contributed by atoms with Crippen molar-refractivity contribution in [2.45, 2.75) is 110 Å². The molecule has 25 heavy (non-hydrogen) atoms. The largest absolute Gasteiger partial charge is 0.379 e. The van der Waals surface area contributed by atoms with E-state index < -0.39 is 0 Å². The van der Waals surface area contributed by atoms with Crippen molar-refractivity contribution in [1.82, 2.24) is 0 Å². The summed E-state index contributed by atoms with van der Waals surface area (Å²) in [4.78, 5) is 0. The van der Waals surface area contributed by atoms with Gasteiger partial charge in [-0.3, -0.25) is 0 Å². The Morgan fingerprint density at radius 1 is 0.920 bits per heavy atom. The van der Waals surface area contributed by atoms with Gasteiger partial charge in [0.2, 0.25) is 0 Å². The minimum atomic E-state index is 0.0672. The van der Waals surface area contributed by atoms with Gasteiger partial charge in [-0.05, 0) is 44.9 Å². The molecular weight excluding hydrogens is 312 g/mol. The lowest BCUT2D eigenvalue weighted by Crippen LogP contribution is -2.40. The molecule has 0 aromatic carbocycles. The third-order valence-corrected chi connectivity index (χ3v) is 5.83. The summed E-state index contributed by atoms with van der Waals surface area (Å²) in [6, 6.07) is 0. The van der Waals surface area contributed by atoms with E-state index in [1.54, 1.807) is 0 Å². The second kappa shape index (κ2) is 14.0. The highest BCUT2D eigenvalue weighted by Gasteiger charge is 2.35. The molecule has 150 valence electrons. The van der Waals surface area contributed by atoms with Gasteiger partial charge in [-0.2, -0.15) is 0 Å². The van der Waals surface area contributed by atoms with E-state index in [-0.39, 0.29) is 5.60 Å². The van der Waals surface area contributed by atoms with Crippen LogP contribution in [0, 0.1) is 5.92 Å². The normalized spacial score (nSPS) is 18.5. The monoisotopic (exact) mass is 356 g/mol. The van der Waals surface area contributed by atoms with E-state index >= 15 is 0 Å². The van der Waals surface area contributed by atoms with E-state index in [1.165, 1.54) is 51.4 Å². The molecule has 0 radical (unpaired) electrons. The topological polar surface area (TPSA) is 31.0 Å². The molecular formula is C22H44O3. The van der Waals surface area contributed by atoms with Crippen molar-refractivity contribution < 1.29 is 14.2 Å². The molecule has 3 heteroatoms. The smallest absolute Gasteiger partial charge is 0.104 e. The van der Waals surface area contributed by atoms with Gasteiger partial charge in [0.1, 0.15) is 6.10 Å². The fourth-order valence-electron chi connectivity index (χ4n) is 4.09. The van der Waals surface area contributed by atoms with Crippen LogP contribution in [0.5, 0.6) is 0 Å². The molecule has 0 aromatic heterocycles. The zero-order valence-corrected chi connectivity index (χ0v) is 17.5. The predicted octanol–water partition coefficient (Wildman–Crippen LogP) is 6.14. The maximum absolute atomic E-state index is 6.33. The van der Waals surface area contributed by atoms with E-state index in [1.807, 2.05) is 0 Å². The van der Waals surface area contributed by atoms with Crippen LogP contribution in [0.25, 0.3) is 0 Å². The Labute approximate surface area is 157 Å². The molecule has 1 saturated heterocycles. The van der Waals surface area contributed by atoms with Crippen LogP contribution in [0.3, 0.4) is 0 Å². The third kappa shape index (κ3) is 9.40. The highest BCUT2D eigenvalue weighted by atomic mass is 16.6. The predicted molar refractivity (Wildman–Crippen MR) is 106 cm³/mol. The SMILES string of the molecule is CCCCCCCCC(CCCOCC1CO1)C(CC)(CC)OCC. The van der Waals surface area contributed by atoms with E-state index in [9.17, 15) is 0 Å². The number of rotatable bonds is 18. The zero-order chi connectivity index (χ0) is 18.4. The summed E-state index contributed by atoms with van der Waals surface area (Å²) in [5.41, 5.74) is 0.0672.